The summed E-state index contributed by atoms with van der Waals surface area (Å²) in [5.74, 6) is 0.0774. The molecular weight excluding hydrogens is 426 g/mol. The van der Waals surface area contributed by atoms with Crippen molar-refractivity contribution in [1.82, 2.24) is 14.9 Å². The van der Waals surface area contributed by atoms with Gasteiger partial charge in [-0.25, -0.2) is 4.98 Å². The number of ketones is 1. The Balaban J connectivity index is 0.00000132. The predicted octanol–water partition coefficient (Wildman–Crippen LogP) is 2.65. The van der Waals surface area contributed by atoms with Gasteiger partial charge in [-0.1, -0.05) is 18.6 Å². The molecule has 2 heterocycles. The van der Waals surface area contributed by atoms with Gasteiger partial charge in [0.2, 0.25) is 0 Å². The lowest BCUT2D eigenvalue weighted by Gasteiger charge is -2.22. The lowest BCUT2D eigenvalue weighted by atomic mass is 10.00. The average molecular weight is 447 g/mol. The van der Waals surface area contributed by atoms with E-state index < -0.39 is 0 Å². The van der Waals surface area contributed by atoms with Gasteiger partial charge < -0.3 is 5.32 Å². The summed E-state index contributed by atoms with van der Waals surface area (Å²) in [5, 5.41) is 3.92. The molecule has 0 bridgehead atoms. The maximum Gasteiger partial charge on any atom is 0.261 e. The van der Waals surface area contributed by atoms with Crippen LogP contribution < -0.4 is 10.9 Å². The molecule has 1 aliphatic heterocycles. The Bertz CT molecular complexity index is 712. The zero-order chi connectivity index (χ0) is 14.7. The van der Waals surface area contributed by atoms with Gasteiger partial charge >= 0.3 is 0 Å². The van der Waals surface area contributed by atoms with Crippen molar-refractivity contribution in [2.24, 2.45) is 0 Å². The van der Waals surface area contributed by atoms with Crippen molar-refractivity contribution in [3.63, 3.8) is 0 Å². The predicted molar refractivity (Wildman–Crippen MR) is 102 cm³/mol. The molecule has 1 fully saturated rings. The van der Waals surface area contributed by atoms with Gasteiger partial charge in [0.1, 0.15) is 0 Å². The molecule has 0 saturated carbocycles. The maximum atomic E-state index is 12.3. The molecule has 0 spiro atoms. The van der Waals surface area contributed by atoms with E-state index in [0.29, 0.717) is 17.3 Å². The summed E-state index contributed by atoms with van der Waals surface area (Å²) in [5.41, 5.74) is 0.519. The van der Waals surface area contributed by atoms with Crippen LogP contribution in [-0.2, 0) is 11.3 Å². The third-order valence-corrected chi connectivity index (χ3v) is 3.96. The van der Waals surface area contributed by atoms with Crippen LogP contribution in [0.4, 0.5) is 0 Å². The Morgan fingerprint density at radius 1 is 1.26 bits per heavy atom. The van der Waals surface area contributed by atoms with Crippen molar-refractivity contribution < 1.29 is 4.79 Å². The van der Waals surface area contributed by atoms with Crippen LogP contribution in [0.2, 0.25) is 0 Å². The summed E-state index contributed by atoms with van der Waals surface area (Å²) >= 11 is 0. The molecule has 0 aliphatic carbocycles. The number of benzene rings is 1. The molecular formula is C16H21Br2N3O2. The number of nitrogens with zero attached hydrogens (tertiary/aromatic N) is 2. The van der Waals surface area contributed by atoms with Gasteiger partial charge in [0.25, 0.3) is 5.56 Å². The number of fused-ring (bicyclic) bond motifs is 1. The maximum absolute atomic E-state index is 12.3. The molecule has 0 amide bonds. The Morgan fingerprint density at radius 2 is 2.04 bits per heavy atom. The van der Waals surface area contributed by atoms with E-state index in [0.717, 1.165) is 13.0 Å². The van der Waals surface area contributed by atoms with Gasteiger partial charge in [-0.2, -0.15) is 0 Å². The van der Waals surface area contributed by atoms with Crippen LogP contribution in [-0.4, -0.2) is 27.9 Å². The van der Waals surface area contributed by atoms with Crippen LogP contribution in [0.1, 0.15) is 25.7 Å². The molecule has 5 nitrogen and oxygen atoms in total. The van der Waals surface area contributed by atoms with Gasteiger partial charge in [-0.15, -0.1) is 34.0 Å². The van der Waals surface area contributed by atoms with Crippen LogP contribution in [0.25, 0.3) is 10.9 Å². The molecule has 1 aromatic heterocycles. The lowest BCUT2D eigenvalue weighted by molar-refractivity contribution is -0.120. The van der Waals surface area contributed by atoms with Crippen molar-refractivity contribution >= 4 is 50.6 Å². The first-order valence-electron chi connectivity index (χ1n) is 7.43. The zero-order valence-electron chi connectivity index (χ0n) is 12.7. The van der Waals surface area contributed by atoms with Crippen LogP contribution >= 0.6 is 34.0 Å². The summed E-state index contributed by atoms with van der Waals surface area (Å²) in [6.07, 6.45) is 5.34. The minimum absolute atomic E-state index is 0. The highest BCUT2D eigenvalue weighted by atomic mass is 79.9. The topological polar surface area (TPSA) is 64.0 Å². The number of Topliss-reactive ketones (excluding diaryl/α,β-unsaturated/α-hetero) is 1. The van der Waals surface area contributed by atoms with Crippen LogP contribution in [0.15, 0.2) is 35.4 Å². The monoisotopic (exact) mass is 445 g/mol. The molecule has 1 aromatic carbocycles. The van der Waals surface area contributed by atoms with E-state index >= 15 is 0 Å². The molecule has 2 aromatic rings. The van der Waals surface area contributed by atoms with Gasteiger partial charge in [-0.3, -0.25) is 14.2 Å². The number of nitrogens with one attached hydrogen (secondary N) is 1. The quantitative estimate of drug-likeness (QED) is 0.783. The van der Waals surface area contributed by atoms with Crippen molar-refractivity contribution in [2.45, 2.75) is 38.3 Å². The summed E-state index contributed by atoms with van der Waals surface area (Å²) in [7, 11) is 0. The fraction of sp³-hybridized carbons (Fsp3) is 0.438. The number of hydrogen-bond acceptors (Lipinski definition) is 4. The van der Waals surface area contributed by atoms with Crippen molar-refractivity contribution in [3.8, 4) is 0 Å². The fourth-order valence-electron chi connectivity index (χ4n) is 2.85. The highest BCUT2D eigenvalue weighted by Crippen LogP contribution is 2.11. The number of rotatable bonds is 4. The van der Waals surface area contributed by atoms with Gasteiger partial charge in [0.05, 0.1) is 23.8 Å². The first kappa shape index (κ1) is 20.0. The number of piperidine rings is 1. The van der Waals surface area contributed by atoms with Crippen molar-refractivity contribution in [1.29, 1.82) is 0 Å². The van der Waals surface area contributed by atoms with Gasteiger partial charge in [-0.05, 0) is 31.5 Å². The summed E-state index contributed by atoms with van der Waals surface area (Å²) in [6.45, 7) is 1.09. The fourth-order valence-corrected chi connectivity index (χ4v) is 2.85. The SMILES string of the molecule is Br.Br.O=C(C[C@H]1CCCCN1)Cn1cnc2ccccc2c1=O. The highest BCUT2D eigenvalue weighted by molar-refractivity contribution is 8.93. The number of carbonyl (C=O) groups excluding carboxylic acids is 1. The molecule has 1 saturated heterocycles. The Hall–Kier alpha value is -1.05. The minimum Gasteiger partial charge on any atom is -0.314 e. The molecule has 0 radical (unpaired) electrons. The number of carbonyl (C=O) groups is 1. The standard InChI is InChI=1S/C16H19N3O2.2BrH/c20-13(9-12-5-3-4-8-17-12)10-19-11-18-15-7-2-1-6-14(15)16(19)21;;/h1-2,6-7,11-12,17H,3-5,8-10H2;2*1H/t12-;;/m1../s1. The molecule has 1 aliphatic rings. The molecule has 7 heteroatoms. The first-order chi connectivity index (χ1) is 10.2. The number of para-hydroxylation sites is 1. The van der Waals surface area contributed by atoms with Crippen molar-refractivity contribution in [3.05, 3.63) is 40.9 Å². The van der Waals surface area contributed by atoms with E-state index in [1.807, 2.05) is 12.1 Å². The zero-order valence-corrected chi connectivity index (χ0v) is 16.2. The lowest BCUT2D eigenvalue weighted by Crippen LogP contribution is -2.37. The molecule has 3 rings (SSSR count). The summed E-state index contributed by atoms with van der Waals surface area (Å²) in [6, 6.07) is 7.46. The van der Waals surface area contributed by atoms with Crippen LogP contribution in [0, 0.1) is 0 Å². The average Bonchev–Trinajstić information content (AvgIpc) is 2.51. The molecule has 1 atom stereocenters. The van der Waals surface area contributed by atoms with Gasteiger partial charge in [0, 0.05) is 12.5 Å². The molecule has 1 N–H and O–H groups in total. The third kappa shape index (κ3) is 4.96. The van der Waals surface area contributed by atoms with Crippen LogP contribution in [0.5, 0.6) is 0 Å². The molecule has 23 heavy (non-hydrogen) atoms. The molecule has 0 unspecified atom stereocenters. The van der Waals surface area contributed by atoms with Gasteiger partial charge in [0.15, 0.2) is 5.78 Å². The number of halogens is 2. The second-order valence-electron chi connectivity index (χ2n) is 5.58. The third-order valence-electron chi connectivity index (χ3n) is 3.96. The van der Waals surface area contributed by atoms with E-state index in [2.05, 4.69) is 10.3 Å². The van der Waals surface area contributed by atoms with E-state index in [4.69, 9.17) is 0 Å². The largest absolute Gasteiger partial charge is 0.314 e. The highest BCUT2D eigenvalue weighted by Gasteiger charge is 2.17. The number of hydrogen-bond donors (Lipinski definition) is 1. The molecule has 126 valence electrons. The summed E-state index contributed by atoms with van der Waals surface area (Å²) < 4.78 is 1.41. The normalized spacial score (nSPS) is 17.1. The second-order valence-corrected chi connectivity index (χ2v) is 5.58. The minimum atomic E-state index is -0.148. The number of aromatic nitrogens is 2. The van der Waals surface area contributed by atoms with E-state index in [1.54, 1.807) is 12.1 Å². The smallest absolute Gasteiger partial charge is 0.261 e. The van der Waals surface area contributed by atoms with Crippen molar-refractivity contribution in [2.75, 3.05) is 6.54 Å². The van der Waals surface area contributed by atoms with Crippen LogP contribution in [0.3, 0.4) is 0 Å². The van der Waals surface area contributed by atoms with E-state index in [-0.39, 0.29) is 57.9 Å². The second kappa shape index (κ2) is 9.30. The Labute approximate surface area is 156 Å². The van der Waals surface area contributed by atoms with E-state index in [1.165, 1.54) is 23.7 Å². The Kier molecular flexibility index (Phi) is 8.08. The first-order valence-corrected chi connectivity index (χ1v) is 7.43. The van der Waals surface area contributed by atoms with E-state index in [9.17, 15) is 9.59 Å². The summed E-state index contributed by atoms with van der Waals surface area (Å²) in [4.78, 5) is 28.7. The Morgan fingerprint density at radius 3 is 2.78 bits per heavy atom.